The lowest BCUT2D eigenvalue weighted by atomic mass is 10.1. The van der Waals surface area contributed by atoms with Crippen LogP contribution in [0.4, 0.5) is 0 Å². The molecule has 8 heteroatoms. The Balaban J connectivity index is 2.44. The van der Waals surface area contributed by atoms with Crippen molar-refractivity contribution in [3.8, 4) is 5.75 Å². The third kappa shape index (κ3) is 11.5. The van der Waals surface area contributed by atoms with Crippen LogP contribution in [0.25, 0.3) is 0 Å². The van der Waals surface area contributed by atoms with E-state index in [2.05, 4.69) is 5.32 Å². The fourth-order valence-electron chi connectivity index (χ4n) is 2.34. The Bertz CT molecular complexity index is 869. The zero-order valence-electron chi connectivity index (χ0n) is 17.7. The maximum absolute atomic E-state index is 11.6. The fraction of sp³-hybridized carbons (Fsp3) is 0.409. The van der Waals surface area contributed by atoms with Crippen molar-refractivity contribution in [2.45, 2.75) is 32.8 Å². The van der Waals surface area contributed by atoms with Crippen molar-refractivity contribution in [1.82, 2.24) is 5.32 Å². The van der Waals surface area contributed by atoms with Gasteiger partial charge >= 0.3 is 0 Å². The number of allylic oxidation sites excluding steroid dienone is 2. The van der Waals surface area contributed by atoms with Gasteiger partial charge in [-0.15, -0.1) is 0 Å². The highest BCUT2D eigenvalue weighted by Crippen LogP contribution is 2.18. The number of benzene rings is 1. The molecule has 0 aliphatic carbocycles. The van der Waals surface area contributed by atoms with E-state index in [1.807, 2.05) is 26.0 Å². The van der Waals surface area contributed by atoms with E-state index in [1.54, 1.807) is 24.3 Å². The van der Waals surface area contributed by atoms with Gasteiger partial charge in [0.2, 0.25) is 5.91 Å². The molecule has 0 saturated heterocycles. The molecule has 0 bridgehead atoms. The lowest BCUT2D eigenvalue weighted by molar-refractivity contribution is -0.116. The van der Waals surface area contributed by atoms with Crippen LogP contribution in [0.15, 0.2) is 59.0 Å². The molecule has 1 unspecified atom stereocenters. The summed E-state index contributed by atoms with van der Waals surface area (Å²) in [5.74, 6) is 0.0646. The second-order valence-electron chi connectivity index (χ2n) is 7.07. The van der Waals surface area contributed by atoms with E-state index in [4.69, 9.17) is 9.84 Å². The first kappa shape index (κ1) is 25.6. The van der Waals surface area contributed by atoms with Crippen LogP contribution < -0.4 is 10.1 Å². The number of rotatable bonds is 12. The number of amides is 1. The van der Waals surface area contributed by atoms with Crippen molar-refractivity contribution in [1.29, 1.82) is 0 Å². The van der Waals surface area contributed by atoms with E-state index in [9.17, 15) is 18.3 Å². The van der Waals surface area contributed by atoms with Crippen molar-refractivity contribution in [2.24, 2.45) is 0 Å². The minimum atomic E-state index is -3.37. The van der Waals surface area contributed by atoms with Crippen molar-refractivity contribution < 1.29 is 28.2 Å². The van der Waals surface area contributed by atoms with Gasteiger partial charge in [-0.05, 0) is 50.5 Å². The topological polar surface area (TPSA) is 113 Å². The lowest BCUT2D eigenvalue weighted by Gasteiger charge is -2.12. The summed E-state index contributed by atoms with van der Waals surface area (Å²) in [5.41, 5.74) is 2.77. The van der Waals surface area contributed by atoms with Gasteiger partial charge in [-0.2, -0.15) is 0 Å². The van der Waals surface area contributed by atoms with E-state index >= 15 is 0 Å². The number of ether oxygens (including phenoxy) is 1. The molecule has 3 N–H and O–H groups in total. The maximum atomic E-state index is 11.6. The summed E-state index contributed by atoms with van der Waals surface area (Å²) in [7, 11) is -3.37. The van der Waals surface area contributed by atoms with Crippen LogP contribution in [0.5, 0.6) is 5.75 Å². The number of hydrogen-bond donors (Lipinski definition) is 3. The molecule has 1 amide bonds. The van der Waals surface area contributed by atoms with E-state index in [-0.39, 0.29) is 13.2 Å². The molecule has 0 fully saturated rings. The molecule has 0 aliphatic rings. The molecule has 1 atom stereocenters. The van der Waals surface area contributed by atoms with Gasteiger partial charge in [0.05, 0.1) is 12.7 Å². The summed E-state index contributed by atoms with van der Waals surface area (Å²) >= 11 is 0. The van der Waals surface area contributed by atoms with Gasteiger partial charge in [0.1, 0.15) is 12.4 Å². The number of carbonyl (C=O) groups is 1. The summed E-state index contributed by atoms with van der Waals surface area (Å²) in [6.07, 6.45) is 6.78. The highest BCUT2D eigenvalue weighted by atomic mass is 32.2. The molecule has 0 aliphatic heterocycles. The number of aliphatic hydroxyl groups is 2. The molecule has 0 spiro atoms. The predicted molar refractivity (Wildman–Crippen MR) is 118 cm³/mol. The van der Waals surface area contributed by atoms with E-state index < -0.39 is 21.8 Å². The molecule has 166 valence electrons. The Labute approximate surface area is 178 Å². The van der Waals surface area contributed by atoms with Crippen molar-refractivity contribution >= 4 is 15.7 Å². The summed E-state index contributed by atoms with van der Waals surface area (Å²) in [6.45, 7) is 4.40. The highest BCUT2D eigenvalue weighted by Gasteiger charge is 2.09. The molecule has 30 heavy (non-hydrogen) atoms. The largest absolute Gasteiger partial charge is 0.490 e. The highest BCUT2D eigenvalue weighted by molar-refractivity contribution is 7.93. The van der Waals surface area contributed by atoms with Crippen LogP contribution in [0.2, 0.25) is 0 Å². The van der Waals surface area contributed by atoms with Crippen LogP contribution in [-0.4, -0.2) is 50.6 Å². The van der Waals surface area contributed by atoms with Gasteiger partial charge in [0.15, 0.2) is 9.84 Å². The second kappa shape index (κ2) is 13.0. The molecule has 1 aromatic carbocycles. The quantitative estimate of drug-likeness (QED) is 0.342. The van der Waals surface area contributed by atoms with E-state index in [0.717, 1.165) is 36.2 Å². The molecule has 0 aromatic heterocycles. The zero-order chi connectivity index (χ0) is 22.6. The SMILES string of the molecule is C/C(=C\CC/C(C)=C/COc1ccc(C(O)CNC(=O)/C=C/S(C)(=O)=O)cc1)CO. The molecular formula is C22H31NO6S. The molecule has 0 heterocycles. The smallest absolute Gasteiger partial charge is 0.244 e. The molecule has 7 nitrogen and oxygen atoms in total. The molecule has 0 radical (unpaired) electrons. The second-order valence-corrected chi connectivity index (χ2v) is 9.00. The Kier molecular flexibility index (Phi) is 11.1. The first-order chi connectivity index (χ1) is 14.1. The third-order valence-electron chi connectivity index (χ3n) is 4.16. The van der Waals surface area contributed by atoms with Crippen LogP contribution in [0.3, 0.4) is 0 Å². The molecular weight excluding hydrogens is 406 g/mol. The summed E-state index contributed by atoms with van der Waals surface area (Å²) in [5, 5.41) is 22.4. The number of nitrogens with one attached hydrogen (secondary N) is 1. The van der Waals surface area contributed by atoms with Gasteiger partial charge in [-0.3, -0.25) is 4.79 Å². The summed E-state index contributed by atoms with van der Waals surface area (Å²) < 4.78 is 27.6. The standard InChI is InChI=1S/C22H31NO6S/c1-17(5-4-6-18(2)16-24)11-13-29-20-9-7-19(8-10-20)21(25)15-23-22(26)12-14-30(3,27)28/h6-12,14,21,24-25H,4-5,13,15-16H2,1-3H3,(H,23,26)/b14-12+,17-11+,18-6+. The lowest BCUT2D eigenvalue weighted by Crippen LogP contribution is -2.26. The number of sulfone groups is 1. The van der Waals surface area contributed by atoms with Crippen LogP contribution >= 0.6 is 0 Å². The van der Waals surface area contributed by atoms with Crippen LogP contribution in [0.1, 0.15) is 38.4 Å². The number of carbonyl (C=O) groups excluding carboxylic acids is 1. The minimum absolute atomic E-state index is 0.0424. The number of hydrogen-bond acceptors (Lipinski definition) is 6. The average molecular weight is 438 g/mol. The Morgan fingerprint density at radius 2 is 1.83 bits per heavy atom. The maximum Gasteiger partial charge on any atom is 0.244 e. The summed E-state index contributed by atoms with van der Waals surface area (Å²) in [6, 6.07) is 6.88. The number of aliphatic hydroxyl groups excluding tert-OH is 2. The van der Waals surface area contributed by atoms with Gasteiger partial charge in [0.25, 0.3) is 0 Å². The van der Waals surface area contributed by atoms with Gasteiger partial charge in [-0.1, -0.05) is 29.4 Å². The van der Waals surface area contributed by atoms with E-state index in [1.165, 1.54) is 5.57 Å². The first-order valence-corrected chi connectivity index (χ1v) is 11.5. The molecule has 1 rings (SSSR count). The zero-order valence-corrected chi connectivity index (χ0v) is 18.5. The third-order valence-corrected chi connectivity index (χ3v) is 4.79. The first-order valence-electron chi connectivity index (χ1n) is 9.59. The van der Waals surface area contributed by atoms with Gasteiger partial charge in [0, 0.05) is 24.3 Å². The Hall–Kier alpha value is -2.42. The minimum Gasteiger partial charge on any atom is -0.490 e. The Morgan fingerprint density at radius 1 is 1.17 bits per heavy atom. The molecule has 0 saturated carbocycles. The summed E-state index contributed by atoms with van der Waals surface area (Å²) in [4.78, 5) is 11.6. The van der Waals surface area contributed by atoms with E-state index in [0.29, 0.717) is 17.9 Å². The van der Waals surface area contributed by atoms with Crippen molar-refractivity contribution in [3.05, 3.63) is 64.6 Å². The van der Waals surface area contributed by atoms with Crippen molar-refractivity contribution in [3.63, 3.8) is 0 Å². The van der Waals surface area contributed by atoms with Crippen LogP contribution in [0, 0.1) is 0 Å². The monoisotopic (exact) mass is 437 g/mol. The average Bonchev–Trinajstić information content (AvgIpc) is 2.70. The Morgan fingerprint density at radius 3 is 2.43 bits per heavy atom. The van der Waals surface area contributed by atoms with Crippen LogP contribution in [-0.2, 0) is 14.6 Å². The van der Waals surface area contributed by atoms with Crippen molar-refractivity contribution in [2.75, 3.05) is 26.0 Å². The fourth-order valence-corrected chi connectivity index (χ4v) is 2.71. The van der Waals surface area contributed by atoms with Gasteiger partial charge < -0.3 is 20.3 Å². The molecule has 1 aromatic rings. The predicted octanol–water partition coefficient (Wildman–Crippen LogP) is 2.44. The normalized spacial score (nSPS) is 14.0. The van der Waals surface area contributed by atoms with Gasteiger partial charge in [-0.25, -0.2) is 8.42 Å².